The quantitative estimate of drug-likeness (QED) is 0.265. The molecule has 10 nitrogen and oxygen atoms in total. The number of aromatic nitrogens is 2. The van der Waals surface area contributed by atoms with Crippen LogP contribution in [0.25, 0.3) is 11.1 Å². The molecule has 4 bridgehead atoms. The molecule has 0 unspecified atom stereocenters. The Morgan fingerprint density at radius 1 is 1.00 bits per heavy atom. The third-order valence-electron chi connectivity index (χ3n) is 6.94. The lowest BCUT2D eigenvalue weighted by molar-refractivity contribution is -0.120. The third kappa shape index (κ3) is 6.31. The number of amides is 1. The lowest BCUT2D eigenvalue weighted by Crippen LogP contribution is -2.34. The number of hydrogen-bond acceptors (Lipinski definition) is 8. The number of nitrogens with zero attached hydrogens (tertiary/aromatic N) is 2. The summed E-state index contributed by atoms with van der Waals surface area (Å²) in [4.78, 5) is 22.5. The summed E-state index contributed by atoms with van der Waals surface area (Å²) >= 11 is 0. The maximum absolute atomic E-state index is 13.2. The average Bonchev–Trinajstić information content (AvgIpc) is 2.98. The molecule has 4 aromatic rings. The average molecular weight is 573 g/mol. The van der Waals surface area contributed by atoms with Crippen LogP contribution in [0.3, 0.4) is 0 Å². The molecular formula is C30H32N6O4S. The van der Waals surface area contributed by atoms with Crippen LogP contribution in [0.5, 0.6) is 5.75 Å². The highest BCUT2D eigenvalue weighted by molar-refractivity contribution is 7.89. The SMILES string of the molecule is COc1cccc(C(C)(C)C(=O)Nc2ccc(-c3cnc4nc3NCCCNS(=O)(=O)c3cccc(c3)N4)cc2)c1. The molecule has 1 aliphatic heterocycles. The number of anilines is 4. The molecule has 2 heterocycles. The van der Waals surface area contributed by atoms with Crippen molar-refractivity contribution in [2.24, 2.45) is 0 Å². The number of carbonyl (C=O) groups excluding carboxylic acids is 1. The van der Waals surface area contributed by atoms with Crippen molar-refractivity contribution in [1.82, 2.24) is 14.7 Å². The first kappa shape index (κ1) is 28.1. The number of rotatable bonds is 5. The van der Waals surface area contributed by atoms with Crippen molar-refractivity contribution in [2.45, 2.75) is 30.6 Å². The van der Waals surface area contributed by atoms with Gasteiger partial charge < -0.3 is 20.7 Å². The van der Waals surface area contributed by atoms with Gasteiger partial charge in [-0.1, -0.05) is 30.3 Å². The van der Waals surface area contributed by atoms with Crippen molar-refractivity contribution in [3.63, 3.8) is 0 Å². The summed E-state index contributed by atoms with van der Waals surface area (Å²) in [5.74, 6) is 1.50. The van der Waals surface area contributed by atoms with Gasteiger partial charge in [0.2, 0.25) is 21.9 Å². The number of nitrogens with one attached hydrogen (secondary N) is 4. The van der Waals surface area contributed by atoms with Crippen molar-refractivity contribution in [3.8, 4) is 16.9 Å². The molecule has 0 saturated carbocycles. The molecule has 0 radical (unpaired) electrons. The fraction of sp³-hybridized carbons (Fsp3) is 0.233. The zero-order valence-corrected chi connectivity index (χ0v) is 23.9. The summed E-state index contributed by atoms with van der Waals surface area (Å²) in [6.07, 6.45) is 2.27. The number of fused-ring (bicyclic) bond motifs is 4. The summed E-state index contributed by atoms with van der Waals surface area (Å²) in [5, 5.41) is 9.42. The topological polar surface area (TPSA) is 134 Å². The van der Waals surface area contributed by atoms with E-state index in [0.717, 1.165) is 16.7 Å². The normalized spacial score (nSPS) is 14.7. The molecule has 212 valence electrons. The van der Waals surface area contributed by atoms with E-state index in [4.69, 9.17) is 4.74 Å². The zero-order valence-electron chi connectivity index (χ0n) is 23.1. The van der Waals surface area contributed by atoms with Crippen LogP contribution in [0.4, 0.5) is 23.1 Å². The minimum Gasteiger partial charge on any atom is -0.497 e. The first-order valence-corrected chi connectivity index (χ1v) is 14.7. The highest BCUT2D eigenvalue weighted by Gasteiger charge is 2.30. The Morgan fingerprint density at radius 2 is 1.78 bits per heavy atom. The highest BCUT2D eigenvalue weighted by Crippen LogP contribution is 2.31. The van der Waals surface area contributed by atoms with Crippen LogP contribution in [0, 0.1) is 0 Å². The Labute approximate surface area is 239 Å². The van der Waals surface area contributed by atoms with Gasteiger partial charge in [-0.25, -0.2) is 18.1 Å². The van der Waals surface area contributed by atoms with E-state index in [1.165, 1.54) is 0 Å². The monoisotopic (exact) mass is 572 g/mol. The van der Waals surface area contributed by atoms with Gasteiger partial charge in [0.15, 0.2) is 0 Å². The fourth-order valence-corrected chi connectivity index (χ4v) is 5.53. The van der Waals surface area contributed by atoms with E-state index in [1.807, 2.05) is 62.4 Å². The molecule has 11 heteroatoms. The third-order valence-corrected chi connectivity index (χ3v) is 8.40. The van der Waals surface area contributed by atoms with E-state index >= 15 is 0 Å². The molecule has 1 amide bonds. The lowest BCUT2D eigenvalue weighted by atomic mass is 9.83. The van der Waals surface area contributed by atoms with E-state index in [2.05, 4.69) is 30.6 Å². The van der Waals surface area contributed by atoms with E-state index < -0.39 is 15.4 Å². The Kier molecular flexibility index (Phi) is 7.91. The second-order valence-electron chi connectivity index (χ2n) is 10.2. The molecule has 0 aliphatic carbocycles. The highest BCUT2D eigenvalue weighted by atomic mass is 32.2. The maximum atomic E-state index is 13.2. The van der Waals surface area contributed by atoms with Crippen molar-refractivity contribution in [3.05, 3.63) is 84.6 Å². The number of carbonyl (C=O) groups is 1. The molecule has 0 atom stereocenters. The summed E-state index contributed by atoms with van der Waals surface area (Å²) in [6.45, 7) is 4.52. The number of sulfonamides is 1. The predicted octanol–water partition coefficient (Wildman–Crippen LogP) is 4.91. The zero-order chi connectivity index (χ0) is 29.0. The van der Waals surface area contributed by atoms with Gasteiger partial charge in [0.25, 0.3) is 0 Å². The molecule has 0 saturated heterocycles. The van der Waals surface area contributed by atoms with Crippen LogP contribution in [0.1, 0.15) is 25.8 Å². The van der Waals surface area contributed by atoms with Crippen LogP contribution in [0.2, 0.25) is 0 Å². The molecule has 1 aromatic heterocycles. The number of benzene rings is 3. The lowest BCUT2D eigenvalue weighted by Gasteiger charge is -2.24. The van der Waals surface area contributed by atoms with Gasteiger partial charge in [-0.15, -0.1) is 0 Å². The van der Waals surface area contributed by atoms with E-state index in [0.29, 0.717) is 41.9 Å². The Hall–Kier alpha value is -4.48. The number of ether oxygens (including phenoxy) is 1. The Bertz CT molecular complexity index is 1670. The molecule has 4 N–H and O–H groups in total. The summed E-state index contributed by atoms with van der Waals surface area (Å²) in [6, 6.07) is 21.5. The molecule has 41 heavy (non-hydrogen) atoms. The largest absolute Gasteiger partial charge is 0.497 e. The van der Waals surface area contributed by atoms with Gasteiger partial charge in [-0.3, -0.25) is 4.79 Å². The maximum Gasteiger partial charge on any atom is 0.240 e. The van der Waals surface area contributed by atoms with Gasteiger partial charge in [0, 0.05) is 36.2 Å². The predicted molar refractivity (Wildman–Crippen MR) is 160 cm³/mol. The molecule has 0 fully saturated rings. The summed E-state index contributed by atoms with van der Waals surface area (Å²) < 4.78 is 33.2. The second kappa shape index (κ2) is 11.6. The fourth-order valence-electron chi connectivity index (χ4n) is 4.41. The number of methoxy groups -OCH3 is 1. The number of hydrogen-bond donors (Lipinski definition) is 4. The van der Waals surface area contributed by atoms with Crippen LogP contribution in [-0.2, 0) is 20.2 Å². The standard InChI is InChI=1S/C30H32N6O4S/c1-30(2,21-7-4-9-24(17-21)40-3)28(37)34-22-13-11-20(12-14-22)26-19-32-29-35-23-8-5-10-25(18-23)41(38,39)33-16-6-15-31-27(26)36-29/h4-5,7-14,17-19,33H,6,15-16H2,1-3H3,(H,34,37)(H2,31,32,35,36). The first-order valence-electron chi connectivity index (χ1n) is 13.2. The molecule has 1 aliphatic rings. The first-order chi connectivity index (χ1) is 19.7. The van der Waals surface area contributed by atoms with Crippen LogP contribution < -0.4 is 25.4 Å². The van der Waals surface area contributed by atoms with E-state index in [1.54, 1.807) is 37.6 Å². The van der Waals surface area contributed by atoms with Crippen LogP contribution in [0.15, 0.2) is 83.9 Å². The summed E-state index contributed by atoms with van der Waals surface area (Å²) in [7, 11) is -2.02. The van der Waals surface area contributed by atoms with Crippen molar-refractivity contribution in [2.75, 3.05) is 36.1 Å². The van der Waals surface area contributed by atoms with Crippen LogP contribution in [-0.4, -0.2) is 44.5 Å². The minimum absolute atomic E-state index is 0.142. The van der Waals surface area contributed by atoms with E-state index in [-0.39, 0.29) is 17.3 Å². The molecule has 5 rings (SSSR count). The van der Waals surface area contributed by atoms with Gasteiger partial charge in [0.05, 0.1) is 17.4 Å². The van der Waals surface area contributed by atoms with Crippen molar-refractivity contribution < 1.29 is 17.9 Å². The molecule has 3 aromatic carbocycles. The van der Waals surface area contributed by atoms with Crippen molar-refractivity contribution >= 4 is 39.1 Å². The van der Waals surface area contributed by atoms with Gasteiger partial charge in [-0.05, 0) is 73.9 Å². The van der Waals surface area contributed by atoms with Gasteiger partial charge in [0.1, 0.15) is 11.6 Å². The van der Waals surface area contributed by atoms with Crippen molar-refractivity contribution in [1.29, 1.82) is 0 Å². The Balaban J connectivity index is 1.37. The summed E-state index contributed by atoms with van der Waals surface area (Å²) in [5.41, 5.74) is 2.92. The van der Waals surface area contributed by atoms with Gasteiger partial charge in [-0.2, -0.15) is 4.98 Å². The van der Waals surface area contributed by atoms with Crippen LogP contribution >= 0.6 is 0 Å². The smallest absolute Gasteiger partial charge is 0.240 e. The molecule has 0 spiro atoms. The molecular weight excluding hydrogens is 540 g/mol. The Morgan fingerprint density at radius 3 is 2.56 bits per heavy atom. The van der Waals surface area contributed by atoms with Gasteiger partial charge >= 0.3 is 0 Å². The second-order valence-corrected chi connectivity index (χ2v) is 11.9. The van der Waals surface area contributed by atoms with E-state index in [9.17, 15) is 13.2 Å². The minimum atomic E-state index is -3.62.